The minimum Gasteiger partial charge on any atom is -0.478 e. The molecule has 0 aromatic heterocycles. The number of thioether (sulfide) groups is 1. The monoisotopic (exact) mass is 460 g/mol. The molecule has 0 bridgehead atoms. The number of esters is 1. The molecule has 1 unspecified atom stereocenters. The fourth-order valence-corrected chi connectivity index (χ4v) is 5.33. The number of carboxylic acids is 1. The highest BCUT2D eigenvalue weighted by molar-refractivity contribution is 8.35. The second kappa shape index (κ2) is 11.6. The zero-order valence-corrected chi connectivity index (χ0v) is 19.3. The van der Waals surface area contributed by atoms with Gasteiger partial charge in [0.1, 0.15) is 6.10 Å². The normalized spacial score (nSPS) is 12.3. The largest absolute Gasteiger partial charge is 0.478 e. The second-order valence-corrected chi connectivity index (χ2v) is 10.2. The highest BCUT2D eigenvalue weighted by Gasteiger charge is 2.30. The lowest BCUT2D eigenvalue weighted by molar-refractivity contribution is -0.143. The van der Waals surface area contributed by atoms with E-state index in [-0.39, 0.29) is 28.3 Å². The molecule has 0 aliphatic carbocycles. The predicted molar refractivity (Wildman–Crippen MR) is 117 cm³/mol. The summed E-state index contributed by atoms with van der Waals surface area (Å²) in [4.78, 5) is 23.3. The van der Waals surface area contributed by atoms with Gasteiger partial charge in [0.2, 0.25) is 0 Å². The van der Waals surface area contributed by atoms with E-state index in [1.54, 1.807) is 32.9 Å². The number of thiocarbonyl (C=S) groups is 1. The highest BCUT2D eigenvalue weighted by atomic mass is 32.2. The minimum atomic E-state index is -3.51. The maximum atomic E-state index is 12.7. The predicted octanol–water partition coefficient (Wildman–Crippen LogP) is 5.35. The summed E-state index contributed by atoms with van der Waals surface area (Å²) in [5, 5.41) is 9.44. The molecule has 0 radical (unpaired) electrons. The maximum Gasteiger partial charge on any atom is 0.378 e. The lowest BCUT2D eigenvalue weighted by Gasteiger charge is -2.18. The van der Waals surface area contributed by atoms with Crippen LogP contribution in [0.15, 0.2) is 30.4 Å². The molecule has 0 saturated carbocycles. The zero-order valence-electron chi connectivity index (χ0n) is 16.8. The highest BCUT2D eigenvalue weighted by Crippen LogP contribution is 2.53. The quantitative estimate of drug-likeness (QED) is 0.203. The molecule has 0 saturated heterocycles. The number of hydrogen-bond acceptors (Lipinski definition) is 8. The Labute approximate surface area is 180 Å². The van der Waals surface area contributed by atoms with Gasteiger partial charge in [-0.25, -0.2) is 9.59 Å². The number of ether oxygens (including phenoxy) is 1. The molecule has 0 amide bonds. The first-order valence-corrected chi connectivity index (χ1v) is 11.8. The van der Waals surface area contributed by atoms with Crippen LogP contribution in [0.1, 0.15) is 55.3 Å². The van der Waals surface area contributed by atoms with Gasteiger partial charge in [0, 0.05) is 16.9 Å². The Morgan fingerprint density at radius 2 is 1.86 bits per heavy atom. The average molecular weight is 461 g/mol. The Morgan fingerprint density at radius 1 is 1.28 bits per heavy atom. The van der Waals surface area contributed by atoms with Gasteiger partial charge in [0.25, 0.3) is 0 Å². The molecule has 1 atom stereocenters. The van der Waals surface area contributed by atoms with E-state index in [4.69, 9.17) is 26.0 Å². The molecular weight excluding hydrogens is 435 g/mol. The summed E-state index contributed by atoms with van der Waals surface area (Å²) in [6.07, 6.45) is -0.792. The fourth-order valence-electron chi connectivity index (χ4n) is 2.26. The van der Waals surface area contributed by atoms with Crippen molar-refractivity contribution in [3.63, 3.8) is 0 Å². The number of carbonyl (C=O) groups is 2. The summed E-state index contributed by atoms with van der Waals surface area (Å²) in [7, 11) is -3.51. The molecule has 7 nitrogen and oxygen atoms in total. The summed E-state index contributed by atoms with van der Waals surface area (Å²) in [5.74, 6) is -1.42. The first-order chi connectivity index (χ1) is 13.6. The lowest BCUT2D eigenvalue weighted by Crippen LogP contribution is -2.13. The molecule has 0 fully saturated rings. The summed E-state index contributed by atoms with van der Waals surface area (Å²) in [5.41, 5.74) is 1.30. The number of aromatic carboxylic acids is 1. The average Bonchev–Trinajstić information content (AvgIpc) is 2.65. The Morgan fingerprint density at radius 3 is 2.34 bits per heavy atom. The van der Waals surface area contributed by atoms with E-state index in [9.17, 15) is 19.3 Å². The molecule has 29 heavy (non-hydrogen) atoms. The van der Waals surface area contributed by atoms with Crippen LogP contribution in [0.3, 0.4) is 0 Å². The third-order valence-electron chi connectivity index (χ3n) is 3.60. The van der Waals surface area contributed by atoms with Gasteiger partial charge in [0.15, 0.2) is 3.94 Å². The molecule has 10 heteroatoms. The van der Waals surface area contributed by atoms with Gasteiger partial charge in [-0.3, -0.25) is 4.57 Å². The van der Waals surface area contributed by atoms with Crippen molar-refractivity contribution >= 4 is 47.5 Å². The van der Waals surface area contributed by atoms with Crippen LogP contribution in [-0.2, 0) is 28.9 Å². The van der Waals surface area contributed by atoms with Crippen molar-refractivity contribution in [1.29, 1.82) is 0 Å². The van der Waals surface area contributed by atoms with Gasteiger partial charge in [0.05, 0.1) is 18.8 Å². The van der Waals surface area contributed by atoms with Crippen LogP contribution in [0.4, 0.5) is 0 Å². The molecule has 1 rings (SSSR count). The van der Waals surface area contributed by atoms with E-state index in [0.717, 1.165) is 17.3 Å². The van der Waals surface area contributed by atoms with Crippen molar-refractivity contribution in [3.8, 4) is 0 Å². The maximum absolute atomic E-state index is 12.7. The Balaban J connectivity index is 3.05. The van der Waals surface area contributed by atoms with Crippen molar-refractivity contribution in [2.75, 3.05) is 13.2 Å². The van der Waals surface area contributed by atoms with E-state index in [0.29, 0.717) is 11.3 Å². The van der Waals surface area contributed by atoms with Crippen molar-refractivity contribution in [2.24, 2.45) is 0 Å². The Bertz CT molecular complexity index is 828. The number of carbonyl (C=O) groups excluding carboxylic acids is 1. The van der Waals surface area contributed by atoms with E-state index < -0.39 is 25.6 Å². The Kier molecular flexibility index (Phi) is 10.2. The molecule has 0 spiro atoms. The standard InChI is InChI=1S/C19H25O7PS2/c1-6-24-27(23,25-7-2)19(28)29-11-14-8-9-15(17(20)21)16(10-14)13(5)26-18(22)12(3)4/h8-10,13H,3,6-7,11H2,1-2,4-5H3,(H,20,21). The van der Waals surface area contributed by atoms with Gasteiger partial charge in [-0.15, -0.1) is 11.8 Å². The van der Waals surface area contributed by atoms with Crippen molar-refractivity contribution in [3.05, 3.63) is 47.0 Å². The van der Waals surface area contributed by atoms with E-state index in [1.807, 2.05) is 0 Å². The Hall–Kier alpha value is -1.51. The molecule has 1 aromatic rings. The van der Waals surface area contributed by atoms with Crippen LogP contribution in [0.5, 0.6) is 0 Å². The van der Waals surface area contributed by atoms with E-state index in [1.165, 1.54) is 13.0 Å². The van der Waals surface area contributed by atoms with Crippen LogP contribution in [-0.4, -0.2) is 34.2 Å². The van der Waals surface area contributed by atoms with Crippen LogP contribution in [0.2, 0.25) is 0 Å². The fraction of sp³-hybridized carbons (Fsp3) is 0.421. The zero-order chi connectivity index (χ0) is 22.2. The lowest BCUT2D eigenvalue weighted by atomic mass is 10.0. The first kappa shape index (κ1) is 25.5. The van der Waals surface area contributed by atoms with E-state index in [2.05, 4.69) is 6.58 Å². The molecule has 0 aliphatic heterocycles. The molecule has 160 valence electrons. The minimum absolute atomic E-state index is 0.0256. The van der Waals surface area contributed by atoms with E-state index >= 15 is 0 Å². The van der Waals surface area contributed by atoms with Crippen LogP contribution in [0.25, 0.3) is 0 Å². The molecular formula is C19H25O7PS2. The summed E-state index contributed by atoms with van der Waals surface area (Å²) in [6.45, 7) is 10.4. The second-order valence-electron chi connectivity index (χ2n) is 5.94. The molecule has 1 aromatic carbocycles. The molecule has 0 heterocycles. The van der Waals surface area contributed by atoms with Gasteiger partial charge in [-0.05, 0) is 39.3 Å². The van der Waals surface area contributed by atoms with Gasteiger partial charge in [-0.1, -0.05) is 30.9 Å². The van der Waals surface area contributed by atoms with Crippen LogP contribution in [0, 0.1) is 0 Å². The van der Waals surface area contributed by atoms with Crippen LogP contribution < -0.4 is 0 Å². The van der Waals surface area contributed by atoms with Crippen molar-refractivity contribution in [1.82, 2.24) is 0 Å². The molecule has 1 N–H and O–H groups in total. The van der Waals surface area contributed by atoms with Crippen molar-refractivity contribution in [2.45, 2.75) is 39.6 Å². The first-order valence-electron chi connectivity index (χ1n) is 8.84. The number of benzene rings is 1. The van der Waals surface area contributed by atoms with Crippen molar-refractivity contribution < 1.29 is 33.0 Å². The third kappa shape index (κ3) is 7.35. The molecule has 0 aliphatic rings. The van der Waals surface area contributed by atoms with Gasteiger partial charge in [-0.2, -0.15) is 0 Å². The topological polar surface area (TPSA) is 99.1 Å². The number of rotatable bonds is 11. The number of hydrogen-bond donors (Lipinski definition) is 1. The summed E-state index contributed by atoms with van der Waals surface area (Å²) < 4.78 is 28.5. The smallest absolute Gasteiger partial charge is 0.378 e. The third-order valence-corrected chi connectivity index (χ3v) is 8.05. The SMILES string of the molecule is C=C(C)C(=O)OC(C)c1cc(CSC(=S)P(=O)(OCC)OCC)ccc1C(=O)O. The summed E-state index contributed by atoms with van der Waals surface area (Å²) >= 11 is 6.35. The number of carboxylic acid groups (broad SMARTS) is 1. The van der Waals surface area contributed by atoms with Gasteiger partial charge >= 0.3 is 19.5 Å². The summed E-state index contributed by atoms with van der Waals surface area (Å²) in [6, 6.07) is 4.69. The van der Waals surface area contributed by atoms with Crippen LogP contribution >= 0.6 is 31.6 Å². The van der Waals surface area contributed by atoms with Gasteiger partial charge < -0.3 is 18.9 Å².